The Morgan fingerprint density at radius 1 is 1.50 bits per heavy atom. The molecule has 0 aromatic heterocycles. The second-order valence-corrected chi connectivity index (χ2v) is 5.97. The van der Waals surface area contributed by atoms with Crippen molar-refractivity contribution in [2.45, 2.75) is 58.7 Å². The maximum atomic E-state index is 11.6. The summed E-state index contributed by atoms with van der Waals surface area (Å²) in [6.45, 7) is 6.01. The zero-order chi connectivity index (χ0) is 13.3. The molecule has 1 fully saturated rings. The van der Waals surface area contributed by atoms with E-state index in [9.17, 15) is 9.90 Å². The number of carbonyl (C=O) groups is 1. The van der Waals surface area contributed by atoms with Crippen LogP contribution in [0.15, 0.2) is 11.6 Å². The van der Waals surface area contributed by atoms with Gasteiger partial charge in [0.15, 0.2) is 0 Å². The van der Waals surface area contributed by atoms with Gasteiger partial charge in [-0.25, -0.2) is 0 Å². The fraction of sp³-hybridized carbons (Fsp3) is 0.800. The Balaban J connectivity index is 2.03. The van der Waals surface area contributed by atoms with Crippen LogP contribution < -0.4 is 0 Å². The van der Waals surface area contributed by atoms with Gasteiger partial charge in [0.1, 0.15) is 6.10 Å². The third-order valence-electron chi connectivity index (χ3n) is 4.48. The van der Waals surface area contributed by atoms with Crippen LogP contribution in [0.4, 0.5) is 0 Å². The van der Waals surface area contributed by atoms with Crippen molar-refractivity contribution in [1.29, 1.82) is 0 Å². The quantitative estimate of drug-likeness (QED) is 0.620. The van der Waals surface area contributed by atoms with E-state index in [1.807, 2.05) is 13.8 Å². The first-order chi connectivity index (χ1) is 8.49. The van der Waals surface area contributed by atoms with E-state index in [1.54, 1.807) is 0 Å². The molecular formula is C15H24O3. The summed E-state index contributed by atoms with van der Waals surface area (Å²) in [5, 5.41) is 9.38. The maximum Gasteiger partial charge on any atom is 0.309 e. The molecule has 0 saturated carbocycles. The Morgan fingerprint density at radius 3 is 2.89 bits per heavy atom. The van der Waals surface area contributed by atoms with Crippen LogP contribution in [0, 0.1) is 17.8 Å². The first kappa shape index (κ1) is 13.6. The molecule has 0 bridgehead atoms. The largest absolute Gasteiger partial charge is 0.462 e. The van der Waals surface area contributed by atoms with E-state index in [0.29, 0.717) is 11.8 Å². The third-order valence-corrected chi connectivity index (χ3v) is 4.48. The van der Waals surface area contributed by atoms with Crippen molar-refractivity contribution in [3.63, 3.8) is 0 Å². The molecule has 1 aliphatic carbocycles. The lowest BCUT2D eigenvalue weighted by atomic mass is 9.87. The first-order valence-electron chi connectivity index (χ1n) is 7.06. The molecule has 3 heteroatoms. The molecule has 0 radical (unpaired) electrons. The number of rotatable bonds is 3. The van der Waals surface area contributed by atoms with Gasteiger partial charge in [-0.3, -0.25) is 4.79 Å². The Morgan fingerprint density at radius 2 is 2.22 bits per heavy atom. The molecule has 1 aliphatic heterocycles. The van der Waals surface area contributed by atoms with E-state index in [4.69, 9.17) is 4.74 Å². The van der Waals surface area contributed by atoms with Gasteiger partial charge >= 0.3 is 5.97 Å². The van der Waals surface area contributed by atoms with Crippen molar-refractivity contribution in [3.8, 4) is 0 Å². The topological polar surface area (TPSA) is 46.5 Å². The minimum Gasteiger partial charge on any atom is -0.462 e. The summed E-state index contributed by atoms with van der Waals surface area (Å²) < 4.78 is 5.48. The van der Waals surface area contributed by atoms with E-state index < -0.39 is 0 Å². The molecule has 18 heavy (non-hydrogen) atoms. The standard InChI is InChI=1S/C15H24O3/c1-9-8-14-13(11(3)15(17)18-14)7-6-12(9)5-4-10(2)16/h6,9-11,13-14,16H,4-5,7-8H2,1-3H3/t9-,10?,11+,13+,14-/m0/s1. The fourth-order valence-electron chi connectivity index (χ4n) is 3.13. The van der Waals surface area contributed by atoms with Gasteiger partial charge in [0.25, 0.3) is 0 Å². The second-order valence-electron chi connectivity index (χ2n) is 5.97. The monoisotopic (exact) mass is 252 g/mol. The number of esters is 1. The summed E-state index contributed by atoms with van der Waals surface area (Å²) in [5.74, 6) is 0.813. The molecule has 0 spiro atoms. The van der Waals surface area contributed by atoms with Crippen LogP contribution in [0.5, 0.6) is 0 Å². The molecule has 1 heterocycles. The van der Waals surface area contributed by atoms with Crippen LogP contribution in [0.2, 0.25) is 0 Å². The summed E-state index contributed by atoms with van der Waals surface area (Å²) in [6.07, 6.45) is 5.81. The van der Waals surface area contributed by atoms with Crippen LogP contribution in [0.25, 0.3) is 0 Å². The highest BCUT2D eigenvalue weighted by molar-refractivity contribution is 5.74. The summed E-state index contributed by atoms with van der Waals surface area (Å²) in [7, 11) is 0. The molecule has 0 amide bonds. The van der Waals surface area contributed by atoms with Gasteiger partial charge in [0, 0.05) is 5.92 Å². The lowest BCUT2D eigenvalue weighted by Crippen LogP contribution is -2.19. The van der Waals surface area contributed by atoms with E-state index in [0.717, 1.165) is 25.7 Å². The Kier molecular flexibility index (Phi) is 4.10. The maximum absolute atomic E-state index is 11.6. The highest BCUT2D eigenvalue weighted by Crippen LogP contribution is 2.39. The molecule has 2 rings (SSSR count). The van der Waals surface area contributed by atoms with Crippen LogP contribution >= 0.6 is 0 Å². The molecule has 0 aromatic rings. The molecule has 0 aromatic carbocycles. The van der Waals surface area contributed by atoms with Crippen molar-refractivity contribution in [1.82, 2.24) is 0 Å². The highest BCUT2D eigenvalue weighted by Gasteiger charge is 2.42. The number of aliphatic hydroxyl groups excluding tert-OH is 1. The number of hydrogen-bond acceptors (Lipinski definition) is 3. The molecule has 1 unspecified atom stereocenters. The Bertz CT molecular complexity index is 346. The number of ether oxygens (including phenoxy) is 1. The third kappa shape index (κ3) is 2.77. The van der Waals surface area contributed by atoms with Crippen molar-refractivity contribution >= 4 is 5.97 Å². The molecule has 1 saturated heterocycles. The van der Waals surface area contributed by atoms with Gasteiger partial charge in [-0.1, -0.05) is 25.5 Å². The SMILES string of the molecule is CC(O)CCC1=CC[C@H]2[C@H](C[C@@H]1C)OC(=O)[C@@H]2C. The smallest absolute Gasteiger partial charge is 0.309 e. The lowest BCUT2D eigenvalue weighted by molar-refractivity contribution is -0.144. The molecule has 2 aliphatic rings. The van der Waals surface area contributed by atoms with E-state index in [-0.39, 0.29) is 24.1 Å². The van der Waals surface area contributed by atoms with E-state index in [2.05, 4.69) is 13.0 Å². The minimum atomic E-state index is -0.238. The molecule has 5 atom stereocenters. The Hall–Kier alpha value is -0.830. The van der Waals surface area contributed by atoms with Gasteiger partial charge in [0.05, 0.1) is 12.0 Å². The normalized spacial score (nSPS) is 37.6. The molecular weight excluding hydrogens is 228 g/mol. The van der Waals surface area contributed by atoms with Crippen LogP contribution in [0.3, 0.4) is 0 Å². The average Bonchev–Trinajstić information content (AvgIpc) is 2.46. The number of hydrogen-bond donors (Lipinski definition) is 1. The highest BCUT2D eigenvalue weighted by atomic mass is 16.6. The van der Waals surface area contributed by atoms with Crippen molar-refractivity contribution in [2.75, 3.05) is 0 Å². The lowest BCUT2D eigenvalue weighted by Gasteiger charge is -2.19. The second kappa shape index (κ2) is 5.43. The van der Waals surface area contributed by atoms with Gasteiger partial charge in [-0.05, 0) is 38.5 Å². The average molecular weight is 252 g/mol. The van der Waals surface area contributed by atoms with E-state index in [1.165, 1.54) is 5.57 Å². The predicted molar refractivity (Wildman–Crippen MR) is 69.9 cm³/mol. The number of fused-ring (bicyclic) bond motifs is 1. The summed E-state index contributed by atoms with van der Waals surface area (Å²) in [6, 6.07) is 0. The van der Waals surface area contributed by atoms with E-state index >= 15 is 0 Å². The van der Waals surface area contributed by atoms with Gasteiger partial charge in [0.2, 0.25) is 0 Å². The zero-order valence-electron chi connectivity index (χ0n) is 11.6. The first-order valence-corrected chi connectivity index (χ1v) is 7.06. The fourth-order valence-corrected chi connectivity index (χ4v) is 3.13. The molecule has 1 N–H and O–H groups in total. The van der Waals surface area contributed by atoms with Gasteiger partial charge in [-0.15, -0.1) is 0 Å². The Labute approximate surface area is 109 Å². The molecule has 102 valence electrons. The number of aliphatic hydroxyl groups is 1. The summed E-state index contributed by atoms with van der Waals surface area (Å²) in [4.78, 5) is 11.6. The van der Waals surface area contributed by atoms with Crippen molar-refractivity contribution in [2.24, 2.45) is 17.8 Å². The predicted octanol–water partition coefficient (Wildman–Crippen LogP) is 2.68. The summed E-state index contributed by atoms with van der Waals surface area (Å²) in [5.41, 5.74) is 1.42. The van der Waals surface area contributed by atoms with Crippen molar-refractivity contribution in [3.05, 3.63) is 11.6 Å². The number of carbonyl (C=O) groups excluding carboxylic acids is 1. The van der Waals surface area contributed by atoms with Gasteiger partial charge in [-0.2, -0.15) is 0 Å². The van der Waals surface area contributed by atoms with Crippen LogP contribution in [-0.4, -0.2) is 23.3 Å². The van der Waals surface area contributed by atoms with Crippen LogP contribution in [-0.2, 0) is 9.53 Å². The minimum absolute atomic E-state index is 0.0296. The number of allylic oxidation sites excluding steroid dienone is 2. The van der Waals surface area contributed by atoms with Crippen LogP contribution in [0.1, 0.15) is 46.5 Å². The summed E-state index contributed by atoms with van der Waals surface area (Å²) >= 11 is 0. The van der Waals surface area contributed by atoms with Crippen molar-refractivity contribution < 1.29 is 14.6 Å². The zero-order valence-corrected chi connectivity index (χ0v) is 11.6. The van der Waals surface area contributed by atoms with Gasteiger partial charge < -0.3 is 9.84 Å². The molecule has 3 nitrogen and oxygen atoms in total.